The van der Waals surface area contributed by atoms with Crippen LogP contribution in [0.5, 0.6) is 5.75 Å². The SMILES string of the molecule is COc1cc(N2CCN(C)CC2)c(-c2cnn(C)c2)cc1Nc1nc(Nc2ccc3cc(C4CC4)ccc3c2P(C)(C)=O)c2cc[nH]c2n1. The van der Waals surface area contributed by atoms with Crippen molar-refractivity contribution in [2.45, 2.75) is 18.8 Å². The van der Waals surface area contributed by atoms with Gasteiger partial charge in [-0.2, -0.15) is 15.1 Å². The maximum atomic E-state index is 13.9. The zero-order valence-electron chi connectivity index (χ0n) is 28.6. The third-order valence-corrected chi connectivity index (χ3v) is 11.3. The monoisotopic (exact) mass is 675 g/mol. The van der Waals surface area contributed by atoms with Gasteiger partial charge >= 0.3 is 0 Å². The van der Waals surface area contributed by atoms with Gasteiger partial charge in [0.05, 0.1) is 30.1 Å². The van der Waals surface area contributed by atoms with Gasteiger partial charge in [-0.05, 0) is 73.7 Å². The molecule has 1 saturated heterocycles. The van der Waals surface area contributed by atoms with E-state index in [4.69, 9.17) is 14.7 Å². The van der Waals surface area contributed by atoms with E-state index in [9.17, 15) is 4.57 Å². The number of fused-ring (bicyclic) bond motifs is 2. The van der Waals surface area contributed by atoms with Crippen molar-refractivity contribution in [2.24, 2.45) is 7.05 Å². The zero-order chi connectivity index (χ0) is 33.9. The second kappa shape index (κ2) is 12.2. The summed E-state index contributed by atoms with van der Waals surface area (Å²) in [5.74, 6) is 2.34. The van der Waals surface area contributed by atoms with Gasteiger partial charge in [-0.15, -0.1) is 0 Å². The van der Waals surface area contributed by atoms with Gasteiger partial charge in [0.15, 0.2) is 0 Å². The first-order valence-electron chi connectivity index (χ1n) is 16.8. The lowest BCUT2D eigenvalue weighted by atomic mass is 10.0. The Balaban J connectivity index is 1.19. The van der Waals surface area contributed by atoms with Crippen LogP contribution in [0.15, 0.2) is 67.1 Å². The third-order valence-electron chi connectivity index (χ3n) is 9.70. The number of hydrogen-bond acceptors (Lipinski definition) is 9. The lowest BCUT2D eigenvalue weighted by molar-refractivity contribution is 0.313. The lowest BCUT2D eigenvalue weighted by Gasteiger charge is -2.35. The molecule has 2 aliphatic rings. The number of likely N-dealkylation sites (N-methyl/N-ethyl adjacent to an activating group) is 1. The highest BCUT2D eigenvalue weighted by molar-refractivity contribution is 7.71. The summed E-state index contributed by atoms with van der Waals surface area (Å²) >= 11 is 0. The number of anilines is 5. The number of methoxy groups -OCH3 is 1. The summed E-state index contributed by atoms with van der Waals surface area (Å²) in [7, 11) is 3.07. The second-order valence-corrected chi connectivity index (χ2v) is 16.9. The van der Waals surface area contributed by atoms with Crippen LogP contribution in [0.4, 0.5) is 28.8 Å². The molecule has 2 fully saturated rings. The Morgan fingerprint density at radius 1 is 0.918 bits per heavy atom. The summed E-state index contributed by atoms with van der Waals surface area (Å²) in [6.07, 6.45) is 8.26. The first kappa shape index (κ1) is 31.4. The van der Waals surface area contributed by atoms with Crippen molar-refractivity contribution in [1.29, 1.82) is 0 Å². The maximum Gasteiger partial charge on any atom is 0.231 e. The van der Waals surface area contributed by atoms with Crippen LogP contribution < -0.4 is 25.6 Å². The molecule has 252 valence electrons. The van der Waals surface area contributed by atoms with Crippen molar-refractivity contribution < 1.29 is 9.30 Å². The predicted molar refractivity (Wildman–Crippen MR) is 200 cm³/mol. The van der Waals surface area contributed by atoms with Crippen LogP contribution in [0.1, 0.15) is 24.3 Å². The number of hydrogen-bond donors (Lipinski definition) is 3. The second-order valence-electron chi connectivity index (χ2n) is 13.7. The minimum Gasteiger partial charge on any atom is -0.494 e. The molecule has 0 unspecified atom stereocenters. The molecule has 4 heterocycles. The number of nitrogens with zero attached hydrogens (tertiary/aromatic N) is 6. The number of ether oxygens (including phenoxy) is 1. The fourth-order valence-electron chi connectivity index (χ4n) is 6.96. The Morgan fingerprint density at radius 2 is 1.73 bits per heavy atom. The van der Waals surface area contributed by atoms with Crippen LogP contribution in [0, 0.1) is 0 Å². The zero-order valence-corrected chi connectivity index (χ0v) is 29.5. The third kappa shape index (κ3) is 6.13. The van der Waals surface area contributed by atoms with Crippen molar-refractivity contribution in [3.05, 3.63) is 72.7 Å². The van der Waals surface area contributed by atoms with Crippen molar-refractivity contribution in [3.8, 4) is 16.9 Å². The van der Waals surface area contributed by atoms with Gasteiger partial charge in [-0.1, -0.05) is 24.3 Å². The molecule has 0 atom stereocenters. The van der Waals surface area contributed by atoms with Gasteiger partial charge in [0, 0.05) is 73.8 Å². The van der Waals surface area contributed by atoms with E-state index in [2.05, 4.69) is 74.0 Å². The van der Waals surface area contributed by atoms with E-state index in [-0.39, 0.29) is 0 Å². The standard InChI is InChI=1S/C37H42N9O2P/c1-44-14-16-46(17-15-44)32-20-33(48-3)31(19-29(32)26-21-39-45(2)22-26)41-37-42-35-28(12-13-38-35)36(43-37)40-30-11-9-25-18-24(23-6-7-23)8-10-27(25)34(30)49(4,5)47/h8-13,18-23H,6-7,14-17H2,1-5H3,(H3,38,40,41,42,43). The molecule has 1 saturated carbocycles. The van der Waals surface area contributed by atoms with E-state index >= 15 is 0 Å². The predicted octanol–water partition coefficient (Wildman–Crippen LogP) is 6.88. The van der Waals surface area contributed by atoms with Crippen molar-refractivity contribution in [1.82, 2.24) is 29.6 Å². The Bertz CT molecular complexity index is 2240. The Hall–Kier alpha value is -4.86. The number of piperazine rings is 1. The molecule has 0 amide bonds. The summed E-state index contributed by atoms with van der Waals surface area (Å²) in [5, 5.41) is 15.3. The highest BCUT2D eigenvalue weighted by Crippen LogP contribution is 2.45. The van der Waals surface area contributed by atoms with E-state index < -0.39 is 7.14 Å². The van der Waals surface area contributed by atoms with Crippen LogP contribution in [0.25, 0.3) is 32.9 Å². The van der Waals surface area contributed by atoms with Crippen molar-refractivity contribution >= 4 is 63.1 Å². The molecule has 11 nitrogen and oxygen atoms in total. The molecule has 3 aromatic heterocycles. The minimum atomic E-state index is -2.70. The Labute approximate surface area is 286 Å². The molecule has 0 spiro atoms. The molecule has 8 rings (SSSR count). The molecular formula is C37H42N9O2P. The molecule has 0 bridgehead atoms. The normalized spacial score (nSPS) is 15.7. The summed E-state index contributed by atoms with van der Waals surface area (Å²) in [4.78, 5) is 17.8. The molecular weight excluding hydrogens is 633 g/mol. The smallest absolute Gasteiger partial charge is 0.231 e. The van der Waals surface area contributed by atoms with Gasteiger partial charge < -0.3 is 34.7 Å². The molecule has 3 aromatic carbocycles. The van der Waals surface area contributed by atoms with Crippen LogP contribution in [0.2, 0.25) is 0 Å². The average molecular weight is 676 g/mol. The van der Waals surface area contributed by atoms with Crippen molar-refractivity contribution in [3.63, 3.8) is 0 Å². The molecule has 6 aromatic rings. The first-order chi connectivity index (χ1) is 23.6. The van der Waals surface area contributed by atoms with Crippen LogP contribution >= 0.6 is 7.14 Å². The van der Waals surface area contributed by atoms with E-state index in [0.717, 1.165) is 75.8 Å². The number of aromatic nitrogens is 5. The summed E-state index contributed by atoms with van der Waals surface area (Å²) in [5.41, 5.74) is 6.71. The van der Waals surface area contributed by atoms with Gasteiger partial charge in [-0.3, -0.25) is 4.68 Å². The summed E-state index contributed by atoms with van der Waals surface area (Å²) in [6, 6.07) is 16.9. The Morgan fingerprint density at radius 3 is 2.45 bits per heavy atom. The number of benzene rings is 3. The van der Waals surface area contributed by atoms with Gasteiger partial charge in [0.1, 0.15) is 24.4 Å². The van der Waals surface area contributed by atoms with Crippen LogP contribution in [-0.2, 0) is 11.6 Å². The summed E-state index contributed by atoms with van der Waals surface area (Å²) < 4.78 is 21.6. The first-order valence-corrected chi connectivity index (χ1v) is 19.4. The lowest BCUT2D eigenvalue weighted by Crippen LogP contribution is -2.44. The average Bonchev–Trinajstić information content (AvgIpc) is 3.67. The quantitative estimate of drug-likeness (QED) is 0.141. The summed E-state index contributed by atoms with van der Waals surface area (Å²) in [6.45, 7) is 7.47. The Kier molecular flexibility index (Phi) is 7.84. The van der Waals surface area contributed by atoms with E-state index in [1.54, 1.807) is 7.11 Å². The molecule has 0 radical (unpaired) electrons. The number of aromatic amines is 1. The van der Waals surface area contributed by atoms with E-state index in [1.807, 2.05) is 55.8 Å². The largest absolute Gasteiger partial charge is 0.494 e. The fraction of sp³-hybridized carbons (Fsp3) is 0.324. The minimum absolute atomic E-state index is 0.396. The molecule has 1 aliphatic carbocycles. The van der Waals surface area contributed by atoms with Gasteiger partial charge in [0.25, 0.3) is 0 Å². The molecule has 49 heavy (non-hydrogen) atoms. The molecule has 1 aliphatic heterocycles. The van der Waals surface area contributed by atoms with Crippen LogP contribution in [-0.4, -0.2) is 83.3 Å². The van der Waals surface area contributed by atoms with Gasteiger partial charge in [0.2, 0.25) is 5.95 Å². The topological polar surface area (TPSA) is 116 Å². The molecule has 3 N–H and O–H groups in total. The number of H-pyrrole nitrogens is 1. The van der Waals surface area contributed by atoms with Gasteiger partial charge in [-0.25, -0.2) is 0 Å². The molecule has 12 heteroatoms. The fourth-order valence-corrected chi connectivity index (χ4v) is 8.45. The van der Waals surface area contributed by atoms with E-state index in [0.29, 0.717) is 29.1 Å². The maximum absolute atomic E-state index is 13.9. The number of nitrogens with one attached hydrogen (secondary N) is 3. The van der Waals surface area contributed by atoms with Crippen molar-refractivity contribution in [2.75, 3.05) is 69.2 Å². The number of rotatable bonds is 9. The van der Waals surface area contributed by atoms with E-state index in [1.165, 1.54) is 18.4 Å². The number of aryl methyl sites for hydroxylation is 1. The highest BCUT2D eigenvalue weighted by Gasteiger charge is 2.26. The van der Waals surface area contributed by atoms with Crippen LogP contribution in [0.3, 0.4) is 0 Å². The highest BCUT2D eigenvalue weighted by atomic mass is 31.2.